The van der Waals surface area contributed by atoms with Crippen molar-refractivity contribution in [1.29, 1.82) is 0 Å². The zero-order chi connectivity index (χ0) is 11.0. The van der Waals surface area contributed by atoms with Gasteiger partial charge in [0.1, 0.15) is 0 Å². The number of rotatable bonds is 4. The van der Waals surface area contributed by atoms with Crippen molar-refractivity contribution in [2.75, 3.05) is 0 Å². The van der Waals surface area contributed by atoms with Crippen LogP contribution >= 0.6 is 0 Å². The van der Waals surface area contributed by atoms with Crippen molar-refractivity contribution in [1.82, 2.24) is 0 Å². The molecule has 0 aliphatic rings. The van der Waals surface area contributed by atoms with E-state index in [4.69, 9.17) is 0 Å². The van der Waals surface area contributed by atoms with Crippen LogP contribution in [0.1, 0.15) is 41.0 Å². The lowest BCUT2D eigenvalue weighted by Gasteiger charge is -1.96. The van der Waals surface area contributed by atoms with Gasteiger partial charge in [0.25, 0.3) is 0 Å². The van der Waals surface area contributed by atoms with Crippen molar-refractivity contribution in [3.05, 3.63) is 47.1 Å². The summed E-state index contributed by atoms with van der Waals surface area (Å²) in [5, 5.41) is 0. The van der Waals surface area contributed by atoms with Gasteiger partial charge in [0.2, 0.25) is 0 Å². The van der Waals surface area contributed by atoms with E-state index in [1.54, 1.807) is 0 Å². The molecule has 0 saturated carbocycles. The molecule has 0 unspecified atom stereocenters. The maximum atomic E-state index is 2.21. The third-order valence-electron chi connectivity index (χ3n) is 1.98. The van der Waals surface area contributed by atoms with Crippen LogP contribution in [-0.2, 0) is 0 Å². The fourth-order valence-corrected chi connectivity index (χ4v) is 1.20. The van der Waals surface area contributed by atoms with E-state index in [2.05, 4.69) is 65.0 Å². The summed E-state index contributed by atoms with van der Waals surface area (Å²) >= 11 is 0. The summed E-state index contributed by atoms with van der Waals surface area (Å²) in [7, 11) is 0. The van der Waals surface area contributed by atoms with E-state index in [1.165, 1.54) is 16.7 Å². The topological polar surface area (TPSA) is 0 Å². The molecule has 0 atom stereocenters. The Morgan fingerprint density at radius 1 is 0.929 bits per heavy atom. The highest BCUT2D eigenvalue weighted by atomic mass is 13.9. The molecule has 0 aromatic carbocycles. The lowest BCUT2D eigenvalue weighted by atomic mass is 10.1. The molecule has 0 N–H and O–H groups in total. The maximum Gasteiger partial charge on any atom is -0.0376 e. The summed E-state index contributed by atoms with van der Waals surface area (Å²) in [4.78, 5) is 0. The molecule has 0 nitrogen and oxygen atoms in total. The van der Waals surface area contributed by atoms with Gasteiger partial charge in [0.15, 0.2) is 0 Å². The second-order valence-corrected chi connectivity index (χ2v) is 3.62. The minimum Gasteiger partial charge on any atom is -0.0847 e. The molecule has 0 aliphatic carbocycles. The summed E-state index contributed by atoms with van der Waals surface area (Å²) < 4.78 is 0. The van der Waals surface area contributed by atoms with Crippen LogP contribution in [0.5, 0.6) is 0 Å². The molecule has 0 amide bonds. The van der Waals surface area contributed by atoms with Crippen molar-refractivity contribution in [2.24, 2.45) is 0 Å². The van der Waals surface area contributed by atoms with Gasteiger partial charge < -0.3 is 0 Å². The molecule has 0 heterocycles. The van der Waals surface area contributed by atoms with Crippen LogP contribution < -0.4 is 0 Å². The molecule has 0 fully saturated rings. The van der Waals surface area contributed by atoms with Gasteiger partial charge in [-0.3, -0.25) is 0 Å². The van der Waals surface area contributed by atoms with Crippen LogP contribution in [0.15, 0.2) is 47.1 Å². The minimum absolute atomic E-state index is 1.10. The van der Waals surface area contributed by atoms with Gasteiger partial charge in [-0.1, -0.05) is 54.0 Å². The first-order valence-electron chi connectivity index (χ1n) is 5.26. The molecular weight excluding hydrogens is 168 g/mol. The number of hydrogen-bond donors (Lipinski definition) is 0. The summed E-state index contributed by atoms with van der Waals surface area (Å²) in [5.74, 6) is 0. The third kappa shape index (κ3) is 6.47. The SMILES string of the molecule is CC=C(C)C=C(C)C=C(C)C=CCC. The van der Waals surface area contributed by atoms with Gasteiger partial charge in [-0.05, 0) is 34.1 Å². The van der Waals surface area contributed by atoms with E-state index in [9.17, 15) is 0 Å². The Labute approximate surface area is 88.7 Å². The van der Waals surface area contributed by atoms with Gasteiger partial charge >= 0.3 is 0 Å². The Hall–Kier alpha value is -1.04. The largest absolute Gasteiger partial charge is 0.0847 e. The van der Waals surface area contributed by atoms with Gasteiger partial charge in [0.05, 0.1) is 0 Å². The predicted molar refractivity (Wildman–Crippen MR) is 66.4 cm³/mol. The summed E-state index contributed by atoms with van der Waals surface area (Å²) in [6.45, 7) is 10.6. The Balaban J connectivity index is 4.49. The lowest BCUT2D eigenvalue weighted by molar-refractivity contribution is 1.22. The van der Waals surface area contributed by atoms with Crippen molar-refractivity contribution >= 4 is 0 Å². The van der Waals surface area contributed by atoms with Crippen molar-refractivity contribution in [2.45, 2.75) is 41.0 Å². The fraction of sp³-hybridized carbons (Fsp3) is 0.429. The number of allylic oxidation sites excluding steroid dienone is 8. The van der Waals surface area contributed by atoms with E-state index < -0.39 is 0 Å². The first kappa shape index (κ1) is 13.0. The molecule has 0 aromatic heterocycles. The molecule has 0 bridgehead atoms. The van der Waals surface area contributed by atoms with Crippen molar-refractivity contribution < 1.29 is 0 Å². The lowest BCUT2D eigenvalue weighted by Crippen LogP contribution is -1.75. The maximum absolute atomic E-state index is 2.21. The highest BCUT2D eigenvalue weighted by molar-refractivity contribution is 5.32. The normalized spacial score (nSPS) is 15.4. The van der Waals surface area contributed by atoms with E-state index in [0.29, 0.717) is 0 Å². The summed E-state index contributed by atoms with van der Waals surface area (Å²) in [5.41, 5.74) is 3.93. The monoisotopic (exact) mass is 190 g/mol. The van der Waals surface area contributed by atoms with Crippen LogP contribution in [0.2, 0.25) is 0 Å². The Kier molecular flexibility index (Phi) is 6.82. The molecule has 78 valence electrons. The predicted octanol–water partition coefficient (Wildman–Crippen LogP) is 4.81. The molecule has 0 saturated heterocycles. The van der Waals surface area contributed by atoms with Crippen LogP contribution in [0.4, 0.5) is 0 Å². The van der Waals surface area contributed by atoms with E-state index >= 15 is 0 Å². The third-order valence-corrected chi connectivity index (χ3v) is 1.98. The van der Waals surface area contributed by atoms with Crippen LogP contribution in [0.3, 0.4) is 0 Å². The zero-order valence-electron chi connectivity index (χ0n) is 10.1. The van der Waals surface area contributed by atoms with Gasteiger partial charge in [-0.25, -0.2) is 0 Å². The molecule has 0 heteroatoms. The first-order valence-corrected chi connectivity index (χ1v) is 5.26. The van der Waals surface area contributed by atoms with Crippen LogP contribution in [0.25, 0.3) is 0 Å². The molecule has 0 spiro atoms. The fourth-order valence-electron chi connectivity index (χ4n) is 1.20. The van der Waals surface area contributed by atoms with Crippen molar-refractivity contribution in [3.63, 3.8) is 0 Å². The second-order valence-electron chi connectivity index (χ2n) is 3.62. The Morgan fingerprint density at radius 2 is 1.50 bits per heavy atom. The van der Waals surface area contributed by atoms with E-state index in [-0.39, 0.29) is 0 Å². The Morgan fingerprint density at radius 3 is 2.00 bits per heavy atom. The van der Waals surface area contributed by atoms with Crippen molar-refractivity contribution in [3.8, 4) is 0 Å². The highest BCUT2D eigenvalue weighted by Crippen LogP contribution is 2.07. The first-order chi connectivity index (χ1) is 6.60. The van der Waals surface area contributed by atoms with E-state index in [0.717, 1.165) is 6.42 Å². The molecule has 0 radical (unpaired) electrons. The minimum atomic E-state index is 1.10. The average Bonchev–Trinajstić information content (AvgIpc) is 2.14. The summed E-state index contributed by atoms with van der Waals surface area (Å²) in [6.07, 6.45) is 12.0. The summed E-state index contributed by atoms with van der Waals surface area (Å²) in [6, 6.07) is 0. The smallest absolute Gasteiger partial charge is 0.0376 e. The van der Waals surface area contributed by atoms with E-state index in [1.807, 2.05) is 0 Å². The van der Waals surface area contributed by atoms with Gasteiger partial charge in [-0.2, -0.15) is 0 Å². The van der Waals surface area contributed by atoms with Crippen LogP contribution in [0, 0.1) is 0 Å². The van der Waals surface area contributed by atoms with Crippen LogP contribution in [-0.4, -0.2) is 0 Å². The molecule has 0 rings (SSSR count). The molecule has 0 aliphatic heterocycles. The van der Waals surface area contributed by atoms with Gasteiger partial charge in [-0.15, -0.1) is 0 Å². The Bertz CT molecular complexity index is 272. The zero-order valence-corrected chi connectivity index (χ0v) is 10.1. The second kappa shape index (κ2) is 7.37. The molecule has 0 aromatic rings. The number of hydrogen-bond acceptors (Lipinski definition) is 0. The quantitative estimate of drug-likeness (QED) is 0.558. The average molecular weight is 190 g/mol. The standard InChI is InChI=1S/C14H22/c1-6-8-9-13(4)11-14(5)10-12(3)7-2/h7-11H,6H2,1-5H3. The highest BCUT2D eigenvalue weighted by Gasteiger charge is 1.86. The molecule has 14 heavy (non-hydrogen) atoms. The molecular formula is C14H22. The van der Waals surface area contributed by atoms with Gasteiger partial charge in [0, 0.05) is 0 Å².